The highest BCUT2D eigenvalue weighted by Crippen LogP contribution is 2.39. The Bertz CT molecular complexity index is 4470. The molecular formula is C53H50N8O18S4. The van der Waals surface area contributed by atoms with Gasteiger partial charge in [-0.3, -0.25) is 19.2 Å². The molecule has 0 aliphatic carbocycles. The van der Waals surface area contributed by atoms with Gasteiger partial charge in [0.25, 0.3) is 23.6 Å². The molecule has 0 unspecified atom stereocenters. The quantitative estimate of drug-likeness (QED) is 0.106. The summed E-state index contributed by atoms with van der Waals surface area (Å²) in [4.78, 5) is 45.1. The van der Waals surface area contributed by atoms with Crippen LogP contribution in [0.1, 0.15) is 18.9 Å². The Labute approximate surface area is 474 Å². The van der Waals surface area contributed by atoms with Crippen molar-refractivity contribution in [3.63, 3.8) is 0 Å². The molecule has 8 aromatic carbocycles. The third kappa shape index (κ3) is 12.4. The number of hydrogen-bond acceptors (Lipinski definition) is 18. The number of rotatable bonds is 8. The van der Waals surface area contributed by atoms with Gasteiger partial charge in [0.05, 0.1) is 36.5 Å². The van der Waals surface area contributed by atoms with Crippen molar-refractivity contribution < 1.29 is 82.7 Å². The summed E-state index contributed by atoms with van der Waals surface area (Å²) in [6.45, 7) is 3.14. The molecule has 30 heteroatoms. The molecule has 4 aliphatic rings. The molecule has 12 rings (SSSR count). The van der Waals surface area contributed by atoms with E-state index < -0.39 is 64.5 Å². The number of anilines is 4. The third-order valence-corrected chi connectivity index (χ3v) is 18.4. The minimum absolute atomic E-state index is 0.0501. The summed E-state index contributed by atoms with van der Waals surface area (Å²) in [7, 11) is -14.2. The van der Waals surface area contributed by atoms with E-state index in [9.17, 15) is 73.3 Å². The van der Waals surface area contributed by atoms with Gasteiger partial charge in [-0.05, 0) is 129 Å². The third-order valence-electron chi connectivity index (χ3n) is 12.8. The topological polar surface area (TPSA) is 365 Å². The Balaban J connectivity index is 0.000000133. The van der Waals surface area contributed by atoms with Crippen molar-refractivity contribution in [2.45, 2.75) is 20.3 Å². The van der Waals surface area contributed by atoms with Crippen molar-refractivity contribution in [2.24, 2.45) is 0 Å². The van der Waals surface area contributed by atoms with E-state index in [1.807, 2.05) is 63.1 Å². The van der Waals surface area contributed by atoms with E-state index in [0.29, 0.717) is 28.9 Å². The highest BCUT2D eigenvalue weighted by atomic mass is 32.2. The number of benzene rings is 8. The van der Waals surface area contributed by atoms with Gasteiger partial charge in [0.2, 0.25) is 0 Å². The lowest BCUT2D eigenvalue weighted by Crippen LogP contribution is -2.29. The van der Waals surface area contributed by atoms with E-state index in [-0.39, 0.29) is 71.9 Å². The van der Waals surface area contributed by atoms with Crippen molar-refractivity contribution in [2.75, 3.05) is 57.1 Å². The van der Waals surface area contributed by atoms with Crippen LogP contribution in [-0.4, -0.2) is 118 Å². The Kier molecular flexibility index (Phi) is 15.7. The van der Waals surface area contributed by atoms with Crippen LogP contribution in [0.3, 0.4) is 0 Å². The maximum Gasteiger partial charge on any atom is 0.326 e. The highest BCUT2D eigenvalue weighted by Gasteiger charge is 2.39. The predicted octanol–water partition coefficient (Wildman–Crippen LogP) is 4.01. The lowest BCUT2D eigenvalue weighted by molar-refractivity contribution is -0.118. The first-order chi connectivity index (χ1) is 39.1. The number of methoxy groups -OCH3 is 1. The number of carbonyl (C=O) groups excluding carboxylic acids is 4. The monoisotopic (exact) mass is 1210 g/mol. The zero-order valence-electron chi connectivity index (χ0n) is 43.8. The van der Waals surface area contributed by atoms with Crippen molar-refractivity contribution in [3.05, 3.63) is 133 Å². The summed E-state index contributed by atoms with van der Waals surface area (Å²) in [5, 5.41) is 46.2. The van der Waals surface area contributed by atoms with Gasteiger partial charge in [-0.2, -0.15) is 33.7 Å². The van der Waals surface area contributed by atoms with Gasteiger partial charge >= 0.3 is 40.8 Å². The number of hydrogen-bond donors (Lipinski definition) is 8. The number of nitrogens with one attached hydrogen (secondary N) is 4. The molecular weight excluding hydrogens is 1160 g/mol. The number of ether oxygens (including phenoxy) is 2. The first-order valence-corrected chi connectivity index (χ1v) is 30.4. The summed E-state index contributed by atoms with van der Waals surface area (Å²) in [5.74, 6) is -2.02. The molecule has 0 spiro atoms. The van der Waals surface area contributed by atoms with Gasteiger partial charge in [-0.25, -0.2) is 36.1 Å². The second-order valence-electron chi connectivity index (χ2n) is 18.8. The van der Waals surface area contributed by atoms with Gasteiger partial charge in [0, 0.05) is 0 Å². The number of phenols is 4. The molecule has 8 aromatic rings. The molecule has 8 N–H and O–H groups in total. The minimum Gasteiger partial charge on any atom is -0.506 e. The average Bonchev–Trinajstić information content (AvgIpc) is 3.33. The van der Waals surface area contributed by atoms with E-state index in [0.717, 1.165) is 61.5 Å². The largest absolute Gasteiger partial charge is 0.506 e. The summed E-state index contributed by atoms with van der Waals surface area (Å²) in [6, 6.07) is 35.4. The van der Waals surface area contributed by atoms with Crippen LogP contribution < -0.4 is 45.6 Å². The van der Waals surface area contributed by atoms with Crippen LogP contribution in [0.5, 0.6) is 34.5 Å². The zero-order chi connectivity index (χ0) is 59.9. The first kappa shape index (κ1) is 58.1. The SMILES string of the molecule is CCCOc1ccc2cc(O)c(N3CC(=O)NS3(=O)=O)cc2c1.COc1ccc2cc(O)c(N3CC(=O)NS3(=O)=O)cc2c1.Cc1ccc2cc(O)c(N3CC(=O)NS3(=O)=O)cc2c1.O=C1CN(c2cc3ccccc3cc2O)S(=O)(=O)N1. The molecule has 434 valence electrons. The molecule has 0 aromatic heterocycles. The zero-order valence-corrected chi connectivity index (χ0v) is 47.1. The van der Waals surface area contributed by atoms with E-state index in [1.54, 1.807) is 60.7 Å². The molecule has 4 saturated heterocycles. The smallest absolute Gasteiger partial charge is 0.326 e. The fourth-order valence-corrected chi connectivity index (χ4v) is 13.6. The lowest BCUT2D eigenvalue weighted by atomic mass is 10.1. The second-order valence-corrected chi connectivity index (χ2v) is 25.2. The van der Waals surface area contributed by atoms with Gasteiger partial charge in [-0.15, -0.1) is 0 Å². The van der Waals surface area contributed by atoms with Crippen LogP contribution in [0, 0.1) is 6.92 Å². The number of phenolic OH excluding ortho intramolecular Hbond substituents is 4. The van der Waals surface area contributed by atoms with Crippen molar-refractivity contribution in [1.82, 2.24) is 18.9 Å². The van der Waals surface area contributed by atoms with E-state index >= 15 is 0 Å². The fraction of sp³-hybridized carbons (Fsp3) is 0.170. The van der Waals surface area contributed by atoms with Crippen molar-refractivity contribution in [3.8, 4) is 34.5 Å². The fourth-order valence-electron chi connectivity index (χ4n) is 8.99. The van der Waals surface area contributed by atoms with E-state index in [1.165, 1.54) is 43.5 Å². The summed E-state index contributed by atoms with van der Waals surface area (Å²) in [6.07, 6.45) is 0.874. The number of aromatic hydroxyl groups is 4. The molecule has 83 heavy (non-hydrogen) atoms. The van der Waals surface area contributed by atoms with Crippen LogP contribution in [0.4, 0.5) is 22.7 Å². The van der Waals surface area contributed by atoms with Crippen LogP contribution in [0.2, 0.25) is 0 Å². The minimum atomic E-state index is -3.96. The van der Waals surface area contributed by atoms with Gasteiger partial charge in [-0.1, -0.05) is 67.1 Å². The van der Waals surface area contributed by atoms with E-state index in [2.05, 4.69) is 0 Å². The maximum atomic E-state index is 11.9. The maximum absolute atomic E-state index is 11.9. The lowest BCUT2D eigenvalue weighted by Gasteiger charge is -2.17. The number of aryl methyl sites for hydroxylation is 1. The Morgan fingerprint density at radius 1 is 0.410 bits per heavy atom. The van der Waals surface area contributed by atoms with E-state index in [4.69, 9.17) is 9.47 Å². The normalized spacial score (nSPS) is 17.1. The number of nitrogens with zero attached hydrogens (tertiary/aromatic N) is 4. The number of amides is 4. The van der Waals surface area contributed by atoms with Crippen molar-refractivity contribution in [1.29, 1.82) is 0 Å². The van der Waals surface area contributed by atoms with Crippen molar-refractivity contribution >= 4 is 130 Å². The van der Waals surface area contributed by atoms with Crippen LogP contribution in [-0.2, 0) is 60.0 Å². The first-order valence-electron chi connectivity index (χ1n) is 24.6. The van der Waals surface area contributed by atoms with Gasteiger partial charge in [0.1, 0.15) is 60.7 Å². The molecule has 4 fully saturated rings. The second kappa shape index (κ2) is 22.4. The predicted molar refractivity (Wildman–Crippen MR) is 307 cm³/mol. The van der Waals surface area contributed by atoms with Crippen LogP contribution >= 0.6 is 0 Å². The molecule has 4 heterocycles. The summed E-state index contributed by atoms with van der Waals surface area (Å²) in [5.41, 5.74) is 1.32. The van der Waals surface area contributed by atoms with Gasteiger partial charge in [0.15, 0.2) is 0 Å². The average molecular weight is 1220 g/mol. The van der Waals surface area contributed by atoms with Gasteiger partial charge < -0.3 is 29.9 Å². The molecule has 0 radical (unpaired) electrons. The standard InChI is InChI=1S/C15H16N2O5S.C13H12N2O5S.C13H12N2O4S.C12H10N2O4S/c1-2-5-22-12-4-3-10-8-14(18)13(7-11(10)6-12)17-9-15(19)16-23(17,20)21;1-20-10-3-2-8-6-12(16)11(5-9(8)4-10)15-7-13(17)14-21(15,18)19;1-8-2-3-9-6-12(16)11(5-10(9)4-8)15-7-13(17)14-20(15,18)19;15-11-6-9-4-2-1-3-8(9)5-10(11)14-7-12(16)13-19(14,17)18/h3-4,6-8,18H,2,5,9H2,1H3,(H,16,19);2-6,16H,7H2,1H3,(H,14,17);2-6,16H,7H2,1H3,(H,14,17);1-6,15H,7H2,(H,13,16). The van der Waals surface area contributed by atoms with Crippen LogP contribution in [0.15, 0.2) is 127 Å². The molecule has 26 nitrogen and oxygen atoms in total. The molecule has 0 saturated carbocycles. The Morgan fingerprint density at radius 3 is 1.05 bits per heavy atom. The number of fused-ring (bicyclic) bond motifs is 4. The Morgan fingerprint density at radius 2 is 0.711 bits per heavy atom. The summed E-state index contributed by atoms with van der Waals surface area (Å²) >= 11 is 0. The number of carbonyl (C=O) groups is 4. The molecule has 0 bridgehead atoms. The molecule has 0 atom stereocenters. The highest BCUT2D eigenvalue weighted by molar-refractivity contribution is 7.93. The summed E-state index contributed by atoms with van der Waals surface area (Å²) < 4.78 is 116. The Hall–Kier alpha value is -9.52. The molecule has 4 aliphatic heterocycles. The molecule has 4 amide bonds. The van der Waals surface area contributed by atoms with Crippen LogP contribution in [0.25, 0.3) is 43.1 Å².